The molecule has 0 saturated carbocycles. The summed E-state index contributed by atoms with van der Waals surface area (Å²) in [6.07, 6.45) is 7.08. The van der Waals surface area contributed by atoms with E-state index in [0.717, 1.165) is 30.5 Å². The molecule has 0 radical (unpaired) electrons. The van der Waals surface area contributed by atoms with E-state index in [0.29, 0.717) is 18.1 Å². The number of unbranched alkanes of at least 4 members (excludes halogenated alkanes) is 1. The van der Waals surface area contributed by atoms with Crippen molar-refractivity contribution in [2.24, 2.45) is 0 Å². The van der Waals surface area contributed by atoms with Crippen LogP contribution in [-0.2, 0) is 24.2 Å². The molecule has 0 saturated heterocycles. The quantitative estimate of drug-likeness (QED) is 0.340. The number of amides is 1. The van der Waals surface area contributed by atoms with Crippen LogP contribution in [0, 0.1) is 0 Å². The molecule has 29 heavy (non-hydrogen) atoms. The molecule has 1 atom stereocenters. The van der Waals surface area contributed by atoms with Crippen LogP contribution >= 0.6 is 0 Å². The van der Waals surface area contributed by atoms with E-state index in [4.69, 9.17) is 0 Å². The number of hydrogen-bond donors (Lipinski definition) is 3. The van der Waals surface area contributed by atoms with Gasteiger partial charge in [0, 0.05) is 18.9 Å². The molecule has 0 spiro atoms. The third-order valence-corrected chi connectivity index (χ3v) is 4.25. The highest BCUT2D eigenvalue weighted by Crippen LogP contribution is 2.08. The zero-order valence-electron chi connectivity index (χ0n) is 16.2. The number of aromatic nitrogens is 6. The standard InChI is InChI=1S/C19H24N8O2/c1-20-19(29)16-13-27(26-24-16)10-3-2-6-15-7-8-17(25-23-15)22-18(28)11-14-5-4-9-21-12-14/h4-5,7-9,12-13,19-20,29H,2-3,6,10-11H2,1H3,(H,22,25,28). The Kier molecular flexibility index (Phi) is 7.31. The normalized spacial score (nSPS) is 11.9. The van der Waals surface area contributed by atoms with Gasteiger partial charge in [-0.2, -0.15) is 5.10 Å². The Hall–Kier alpha value is -3.24. The Balaban J connectivity index is 1.39. The molecule has 3 heterocycles. The van der Waals surface area contributed by atoms with Gasteiger partial charge in [0.05, 0.1) is 18.3 Å². The lowest BCUT2D eigenvalue weighted by Gasteiger charge is -2.05. The Morgan fingerprint density at radius 3 is 2.83 bits per heavy atom. The van der Waals surface area contributed by atoms with E-state index in [2.05, 4.69) is 36.1 Å². The highest BCUT2D eigenvalue weighted by Gasteiger charge is 2.09. The van der Waals surface area contributed by atoms with E-state index >= 15 is 0 Å². The number of carbonyl (C=O) groups is 1. The summed E-state index contributed by atoms with van der Waals surface area (Å²) >= 11 is 0. The molecule has 152 valence electrons. The fourth-order valence-corrected chi connectivity index (χ4v) is 2.71. The largest absolute Gasteiger partial charge is 0.373 e. The van der Waals surface area contributed by atoms with Crippen LogP contribution in [0.15, 0.2) is 42.9 Å². The second kappa shape index (κ2) is 10.3. The van der Waals surface area contributed by atoms with Crippen molar-refractivity contribution in [3.05, 3.63) is 59.8 Å². The minimum Gasteiger partial charge on any atom is -0.373 e. The summed E-state index contributed by atoms with van der Waals surface area (Å²) in [5, 5.41) is 31.2. The van der Waals surface area contributed by atoms with E-state index in [1.54, 1.807) is 42.5 Å². The van der Waals surface area contributed by atoms with Crippen molar-refractivity contribution >= 4 is 11.7 Å². The molecule has 0 aliphatic carbocycles. The average Bonchev–Trinajstić information content (AvgIpc) is 3.21. The predicted octanol–water partition coefficient (Wildman–Crippen LogP) is 0.877. The number of rotatable bonds is 10. The molecular weight excluding hydrogens is 372 g/mol. The monoisotopic (exact) mass is 396 g/mol. The van der Waals surface area contributed by atoms with Crippen molar-refractivity contribution in [2.75, 3.05) is 12.4 Å². The number of aliphatic hydroxyl groups is 1. The van der Waals surface area contributed by atoms with Gasteiger partial charge in [-0.05, 0) is 50.1 Å². The number of nitrogens with one attached hydrogen (secondary N) is 2. The number of aliphatic hydroxyl groups excluding tert-OH is 1. The number of nitrogens with zero attached hydrogens (tertiary/aromatic N) is 6. The summed E-state index contributed by atoms with van der Waals surface area (Å²) in [6, 6.07) is 7.27. The molecule has 0 aromatic carbocycles. The van der Waals surface area contributed by atoms with E-state index in [9.17, 15) is 9.90 Å². The molecular formula is C19H24N8O2. The van der Waals surface area contributed by atoms with Gasteiger partial charge in [-0.3, -0.25) is 19.8 Å². The topological polar surface area (TPSA) is 131 Å². The highest BCUT2D eigenvalue weighted by atomic mass is 16.3. The number of hydrogen-bond acceptors (Lipinski definition) is 8. The molecule has 1 unspecified atom stereocenters. The van der Waals surface area contributed by atoms with Crippen molar-refractivity contribution < 1.29 is 9.90 Å². The van der Waals surface area contributed by atoms with Gasteiger partial charge in [0.15, 0.2) is 12.0 Å². The Morgan fingerprint density at radius 1 is 1.21 bits per heavy atom. The summed E-state index contributed by atoms with van der Waals surface area (Å²) in [4.78, 5) is 16.0. The number of aryl methyl sites for hydroxylation is 2. The maximum absolute atomic E-state index is 12.0. The molecule has 0 aliphatic rings. The first-order valence-corrected chi connectivity index (χ1v) is 9.41. The van der Waals surface area contributed by atoms with Gasteiger partial charge in [0.25, 0.3) is 0 Å². The zero-order valence-corrected chi connectivity index (χ0v) is 16.2. The van der Waals surface area contributed by atoms with Gasteiger partial charge in [-0.15, -0.1) is 10.2 Å². The molecule has 0 aliphatic heterocycles. The first kappa shape index (κ1) is 20.5. The van der Waals surface area contributed by atoms with E-state index in [1.165, 1.54) is 0 Å². The first-order chi connectivity index (χ1) is 14.1. The molecule has 3 aromatic rings. The number of anilines is 1. The molecule has 0 bridgehead atoms. The zero-order chi connectivity index (χ0) is 20.5. The van der Waals surface area contributed by atoms with Crippen LogP contribution in [0.2, 0.25) is 0 Å². The van der Waals surface area contributed by atoms with Gasteiger partial charge in [-0.25, -0.2) is 0 Å². The maximum Gasteiger partial charge on any atom is 0.230 e. The SMILES string of the molecule is CNC(O)c1cn(CCCCc2ccc(NC(=O)Cc3cccnc3)nn2)nn1. The summed E-state index contributed by atoms with van der Waals surface area (Å²) < 4.78 is 1.71. The fraction of sp³-hybridized carbons (Fsp3) is 0.368. The van der Waals surface area contributed by atoms with Gasteiger partial charge < -0.3 is 10.4 Å². The maximum atomic E-state index is 12.0. The Bertz CT molecular complexity index is 898. The number of pyridine rings is 1. The van der Waals surface area contributed by atoms with Gasteiger partial charge in [-0.1, -0.05) is 11.3 Å². The Labute approximate surface area is 168 Å². The van der Waals surface area contributed by atoms with Crippen LogP contribution in [0.5, 0.6) is 0 Å². The average molecular weight is 396 g/mol. The minimum absolute atomic E-state index is 0.157. The molecule has 10 heteroatoms. The second-order valence-electron chi connectivity index (χ2n) is 6.55. The van der Waals surface area contributed by atoms with Crippen LogP contribution in [0.25, 0.3) is 0 Å². The van der Waals surface area contributed by atoms with E-state index in [-0.39, 0.29) is 12.3 Å². The lowest BCUT2D eigenvalue weighted by molar-refractivity contribution is -0.115. The van der Waals surface area contributed by atoms with Crippen LogP contribution < -0.4 is 10.6 Å². The van der Waals surface area contributed by atoms with Gasteiger partial charge >= 0.3 is 0 Å². The van der Waals surface area contributed by atoms with Crippen LogP contribution in [0.4, 0.5) is 5.82 Å². The number of carbonyl (C=O) groups excluding carboxylic acids is 1. The summed E-state index contributed by atoms with van der Waals surface area (Å²) in [5.74, 6) is 0.275. The van der Waals surface area contributed by atoms with Crippen molar-refractivity contribution in [3.63, 3.8) is 0 Å². The molecule has 1 amide bonds. The van der Waals surface area contributed by atoms with E-state index < -0.39 is 6.23 Å². The van der Waals surface area contributed by atoms with Gasteiger partial charge in [0.2, 0.25) is 5.91 Å². The van der Waals surface area contributed by atoms with Crippen LogP contribution in [-0.4, -0.2) is 48.2 Å². The third kappa shape index (κ3) is 6.40. The van der Waals surface area contributed by atoms with Crippen molar-refractivity contribution in [3.8, 4) is 0 Å². The molecule has 3 N–H and O–H groups in total. The summed E-state index contributed by atoms with van der Waals surface area (Å²) in [5.41, 5.74) is 2.20. The van der Waals surface area contributed by atoms with Crippen LogP contribution in [0.3, 0.4) is 0 Å². The first-order valence-electron chi connectivity index (χ1n) is 9.41. The molecule has 0 fully saturated rings. The van der Waals surface area contributed by atoms with E-state index in [1.807, 2.05) is 12.1 Å². The van der Waals surface area contributed by atoms with Crippen molar-refractivity contribution in [1.82, 2.24) is 35.5 Å². The molecule has 3 aromatic heterocycles. The summed E-state index contributed by atoms with van der Waals surface area (Å²) in [6.45, 7) is 0.708. The molecule has 10 nitrogen and oxygen atoms in total. The third-order valence-electron chi connectivity index (χ3n) is 4.25. The van der Waals surface area contributed by atoms with Crippen LogP contribution in [0.1, 0.15) is 36.0 Å². The van der Waals surface area contributed by atoms with Crippen molar-refractivity contribution in [1.29, 1.82) is 0 Å². The smallest absolute Gasteiger partial charge is 0.230 e. The second-order valence-corrected chi connectivity index (χ2v) is 6.55. The lowest BCUT2D eigenvalue weighted by Crippen LogP contribution is -2.16. The predicted molar refractivity (Wildman–Crippen MR) is 106 cm³/mol. The van der Waals surface area contributed by atoms with Gasteiger partial charge in [0.1, 0.15) is 5.69 Å². The highest BCUT2D eigenvalue weighted by molar-refractivity contribution is 5.91. The fourth-order valence-electron chi connectivity index (χ4n) is 2.71. The lowest BCUT2D eigenvalue weighted by atomic mass is 10.2. The molecule has 3 rings (SSSR count). The minimum atomic E-state index is -0.803. The Morgan fingerprint density at radius 2 is 2.10 bits per heavy atom. The van der Waals surface area contributed by atoms with Crippen molar-refractivity contribution in [2.45, 2.75) is 38.5 Å². The summed E-state index contributed by atoms with van der Waals surface area (Å²) in [7, 11) is 1.65.